The van der Waals surface area contributed by atoms with E-state index >= 15 is 0 Å². The predicted octanol–water partition coefficient (Wildman–Crippen LogP) is 2.72. The second kappa shape index (κ2) is 4.35. The van der Waals surface area contributed by atoms with Crippen molar-refractivity contribution in [1.82, 2.24) is 14.6 Å². The minimum Gasteiger partial charge on any atom is -0.366 e. The number of fused-ring (bicyclic) bond motifs is 1. The molecule has 4 nitrogen and oxygen atoms in total. The van der Waals surface area contributed by atoms with Crippen LogP contribution in [0.1, 0.15) is 32.6 Å². The van der Waals surface area contributed by atoms with Gasteiger partial charge < -0.3 is 5.32 Å². The molecule has 4 heteroatoms. The second-order valence-corrected chi connectivity index (χ2v) is 5.05. The first-order valence-corrected chi connectivity index (χ1v) is 6.38. The Hall–Kier alpha value is -1.58. The zero-order valence-electron chi connectivity index (χ0n) is 10.1. The van der Waals surface area contributed by atoms with Crippen molar-refractivity contribution < 1.29 is 0 Å². The summed E-state index contributed by atoms with van der Waals surface area (Å²) < 4.78 is 1.86. The number of nitrogens with one attached hydrogen (secondary N) is 1. The van der Waals surface area contributed by atoms with E-state index in [1.807, 2.05) is 23.0 Å². The average molecular weight is 230 g/mol. The molecule has 17 heavy (non-hydrogen) atoms. The highest BCUT2D eigenvalue weighted by atomic mass is 15.2. The maximum Gasteiger partial charge on any atom is 0.152 e. The molecule has 0 amide bonds. The Morgan fingerprint density at radius 3 is 3.18 bits per heavy atom. The van der Waals surface area contributed by atoms with Gasteiger partial charge in [-0.1, -0.05) is 19.8 Å². The number of hydrogen-bond donors (Lipinski definition) is 1. The van der Waals surface area contributed by atoms with Gasteiger partial charge >= 0.3 is 0 Å². The molecular weight excluding hydrogens is 212 g/mol. The molecule has 1 aliphatic rings. The molecule has 2 aromatic rings. The normalized spacial score (nSPS) is 25.0. The van der Waals surface area contributed by atoms with Crippen molar-refractivity contribution in [3.05, 3.63) is 24.7 Å². The van der Waals surface area contributed by atoms with E-state index in [4.69, 9.17) is 0 Å². The Balaban J connectivity index is 1.82. The number of aromatic nitrogens is 3. The fourth-order valence-electron chi connectivity index (χ4n) is 2.73. The second-order valence-electron chi connectivity index (χ2n) is 5.05. The number of rotatable bonds is 2. The average Bonchev–Trinajstić information content (AvgIpc) is 2.78. The van der Waals surface area contributed by atoms with E-state index in [2.05, 4.69) is 22.3 Å². The van der Waals surface area contributed by atoms with Crippen LogP contribution in [0.25, 0.3) is 5.52 Å². The first-order valence-electron chi connectivity index (χ1n) is 6.38. The van der Waals surface area contributed by atoms with Crippen LogP contribution in [0.3, 0.4) is 0 Å². The molecule has 1 aliphatic carbocycles. The monoisotopic (exact) mass is 230 g/mol. The molecule has 2 heterocycles. The Labute approximate surface area is 101 Å². The maximum atomic E-state index is 4.43. The van der Waals surface area contributed by atoms with Crippen molar-refractivity contribution in [2.75, 3.05) is 5.32 Å². The van der Waals surface area contributed by atoms with E-state index in [1.54, 1.807) is 6.20 Å². The van der Waals surface area contributed by atoms with Crippen LogP contribution in [0.2, 0.25) is 0 Å². The summed E-state index contributed by atoms with van der Waals surface area (Å²) in [7, 11) is 0. The van der Waals surface area contributed by atoms with Crippen molar-refractivity contribution in [1.29, 1.82) is 0 Å². The van der Waals surface area contributed by atoms with Crippen LogP contribution >= 0.6 is 0 Å². The topological polar surface area (TPSA) is 42.2 Å². The van der Waals surface area contributed by atoms with Crippen LogP contribution in [0, 0.1) is 5.92 Å². The largest absolute Gasteiger partial charge is 0.366 e. The summed E-state index contributed by atoms with van der Waals surface area (Å²) in [6.07, 6.45) is 10.7. The van der Waals surface area contributed by atoms with E-state index in [9.17, 15) is 0 Å². The van der Waals surface area contributed by atoms with Gasteiger partial charge in [0, 0.05) is 18.4 Å². The molecule has 0 bridgehead atoms. The van der Waals surface area contributed by atoms with E-state index in [0.717, 1.165) is 17.3 Å². The molecule has 0 saturated heterocycles. The molecular formula is C13H18N4. The van der Waals surface area contributed by atoms with E-state index in [0.29, 0.717) is 6.04 Å². The van der Waals surface area contributed by atoms with Gasteiger partial charge in [0.25, 0.3) is 0 Å². The Morgan fingerprint density at radius 2 is 2.29 bits per heavy atom. The highest BCUT2D eigenvalue weighted by molar-refractivity contribution is 5.67. The minimum atomic E-state index is 0.562. The van der Waals surface area contributed by atoms with E-state index < -0.39 is 0 Å². The van der Waals surface area contributed by atoms with Crippen molar-refractivity contribution in [2.24, 2.45) is 5.92 Å². The Morgan fingerprint density at radius 1 is 1.35 bits per heavy atom. The third-order valence-corrected chi connectivity index (χ3v) is 3.60. The molecule has 2 unspecified atom stereocenters. The lowest BCUT2D eigenvalue weighted by Gasteiger charge is -2.27. The van der Waals surface area contributed by atoms with Gasteiger partial charge in [-0.3, -0.25) is 0 Å². The summed E-state index contributed by atoms with van der Waals surface area (Å²) in [4.78, 5) is 4.43. The zero-order valence-corrected chi connectivity index (χ0v) is 10.1. The summed E-state index contributed by atoms with van der Waals surface area (Å²) in [5.41, 5.74) is 1.06. The van der Waals surface area contributed by atoms with Gasteiger partial charge in [0.15, 0.2) is 5.82 Å². The van der Waals surface area contributed by atoms with Gasteiger partial charge in [0.1, 0.15) is 5.52 Å². The maximum absolute atomic E-state index is 4.43. The van der Waals surface area contributed by atoms with Crippen LogP contribution in [0.4, 0.5) is 5.82 Å². The van der Waals surface area contributed by atoms with Gasteiger partial charge in [0.2, 0.25) is 0 Å². The molecule has 2 aromatic heterocycles. The molecule has 3 rings (SSSR count). The first kappa shape index (κ1) is 10.6. The van der Waals surface area contributed by atoms with Gasteiger partial charge in [-0.25, -0.2) is 9.50 Å². The fraction of sp³-hybridized carbons (Fsp3) is 0.538. The van der Waals surface area contributed by atoms with Gasteiger partial charge in [-0.15, -0.1) is 0 Å². The quantitative estimate of drug-likeness (QED) is 0.862. The molecule has 90 valence electrons. The van der Waals surface area contributed by atoms with Crippen molar-refractivity contribution in [3.63, 3.8) is 0 Å². The Bertz CT molecular complexity index is 505. The summed E-state index contributed by atoms with van der Waals surface area (Å²) in [6.45, 7) is 2.33. The number of anilines is 1. The molecule has 1 fully saturated rings. The Kier molecular flexibility index (Phi) is 2.71. The highest BCUT2D eigenvalue weighted by Crippen LogP contribution is 2.26. The van der Waals surface area contributed by atoms with Crippen molar-refractivity contribution in [2.45, 2.75) is 38.6 Å². The van der Waals surface area contributed by atoms with E-state index in [1.165, 1.54) is 25.7 Å². The van der Waals surface area contributed by atoms with Crippen LogP contribution in [0.15, 0.2) is 24.7 Å². The predicted molar refractivity (Wildman–Crippen MR) is 68.0 cm³/mol. The van der Waals surface area contributed by atoms with Crippen LogP contribution in [-0.2, 0) is 0 Å². The van der Waals surface area contributed by atoms with Gasteiger partial charge in [-0.05, 0) is 24.8 Å². The highest BCUT2D eigenvalue weighted by Gasteiger charge is 2.19. The van der Waals surface area contributed by atoms with E-state index in [-0.39, 0.29) is 0 Å². The summed E-state index contributed by atoms with van der Waals surface area (Å²) in [5, 5.41) is 7.79. The van der Waals surface area contributed by atoms with Gasteiger partial charge in [0.05, 0.1) is 6.20 Å². The minimum absolute atomic E-state index is 0.562. The first-order chi connectivity index (χ1) is 8.33. The van der Waals surface area contributed by atoms with Gasteiger partial charge in [-0.2, -0.15) is 5.10 Å². The summed E-state index contributed by atoms with van der Waals surface area (Å²) in [6, 6.07) is 2.56. The SMILES string of the molecule is CC1CCCC(Nc2nccn3nccc23)C1. The van der Waals surface area contributed by atoms with Crippen LogP contribution in [0.5, 0.6) is 0 Å². The molecule has 1 saturated carbocycles. The summed E-state index contributed by atoms with van der Waals surface area (Å²) >= 11 is 0. The lowest BCUT2D eigenvalue weighted by Crippen LogP contribution is -2.26. The third-order valence-electron chi connectivity index (χ3n) is 3.60. The van der Waals surface area contributed by atoms with Crippen molar-refractivity contribution >= 4 is 11.3 Å². The lowest BCUT2D eigenvalue weighted by molar-refractivity contribution is 0.358. The summed E-state index contributed by atoms with van der Waals surface area (Å²) in [5.74, 6) is 1.79. The smallest absolute Gasteiger partial charge is 0.152 e. The number of hydrogen-bond acceptors (Lipinski definition) is 3. The van der Waals surface area contributed by atoms with Crippen LogP contribution < -0.4 is 5.32 Å². The fourth-order valence-corrected chi connectivity index (χ4v) is 2.73. The third kappa shape index (κ3) is 2.12. The molecule has 0 aromatic carbocycles. The van der Waals surface area contributed by atoms with Crippen LogP contribution in [-0.4, -0.2) is 20.6 Å². The van der Waals surface area contributed by atoms with Crippen molar-refractivity contribution in [3.8, 4) is 0 Å². The number of nitrogens with zero attached hydrogens (tertiary/aromatic N) is 3. The standard InChI is InChI=1S/C13H18N4/c1-10-3-2-4-11(9-10)16-13-12-5-6-15-17(12)8-7-14-13/h5-8,10-11H,2-4,9H2,1H3,(H,14,16). The molecule has 2 atom stereocenters. The molecule has 1 N–H and O–H groups in total. The molecule has 0 aliphatic heterocycles. The lowest BCUT2D eigenvalue weighted by atomic mass is 9.87. The molecule has 0 spiro atoms. The zero-order chi connectivity index (χ0) is 11.7. The molecule has 0 radical (unpaired) electrons.